The maximum atomic E-state index is 12.2. The first-order chi connectivity index (χ1) is 10.5. The van der Waals surface area contributed by atoms with Gasteiger partial charge in [0.15, 0.2) is 0 Å². The van der Waals surface area contributed by atoms with E-state index in [-0.39, 0.29) is 22.1 Å². The molecule has 0 heterocycles. The van der Waals surface area contributed by atoms with E-state index in [9.17, 15) is 13.8 Å². The van der Waals surface area contributed by atoms with E-state index < -0.39 is 16.8 Å². The van der Waals surface area contributed by atoms with Crippen LogP contribution in [0, 0.1) is 0 Å². The predicted octanol–water partition coefficient (Wildman–Crippen LogP) is 2.89. The van der Waals surface area contributed by atoms with Gasteiger partial charge in [-0.05, 0) is 6.42 Å². The lowest BCUT2D eigenvalue weighted by Gasteiger charge is -2.15. The van der Waals surface area contributed by atoms with Crippen LogP contribution in [-0.2, 0) is 29.9 Å². The molecule has 0 rings (SSSR count). The molecule has 0 aromatic carbocycles. The fourth-order valence-corrected chi connectivity index (χ4v) is 4.62. The number of ether oxygens (including phenoxy) is 2. The summed E-state index contributed by atoms with van der Waals surface area (Å²) in [6.45, 7) is 2.18. The van der Waals surface area contributed by atoms with Gasteiger partial charge < -0.3 is 9.47 Å². The molecule has 5 nitrogen and oxygen atoms in total. The Bertz CT molecular complexity index is 347. The van der Waals surface area contributed by atoms with Crippen LogP contribution in [0.2, 0.25) is 0 Å². The molecule has 0 fully saturated rings. The number of hydrogen-bond acceptors (Lipinski definition) is 6. The van der Waals surface area contributed by atoms with Gasteiger partial charge in [-0.2, -0.15) is 0 Å². The van der Waals surface area contributed by atoms with E-state index in [0.29, 0.717) is 0 Å². The summed E-state index contributed by atoms with van der Waals surface area (Å²) in [5, 5.41) is 0. The molecule has 22 heavy (non-hydrogen) atoms. The summed E-state index contributed by atoms with van der Waals surface area (Å²) in [6, 6.07) is 0. The fraction of sp³-hybridized carbons (Fsp3) is 0.867. The Morgan fingerprint density at radius 1 is 1.00 bits per heavy atom. The highest BCUT2D eigenvalue weighted by atomic mass is 32.2. The first-order valence-electron chi connectivity index (χ1n) is 7.67. The summed E-state index contributed by atoms with van der Waals surface area (Å²) in [6.07, 6.45) is 7.63. The molecule has 7 heteroatoms. The lowest BCUT2D eigenvalue weighted by molar-refractivity contribution is -0.138. The molecule has 0 bridgehead atoms. The standard InChI is InChI=1S/C15H28O5S2/c1-4-5-6-7-8-9-10-15(21-11-13(16)19-2)22(18)12-14(17)20-3/h15H,4-12H2,1-3H3. The van der Waals surface area contributed by atoms with Crippen molar-refractivity contribution in [1.29, 1.82) is 0 Å². The van der Waals surface area contributed by atoms with Gasteiger partial charge in [-0.15, -0.1) is 11.8 Å². The van der Waals surface area contributed by atoms with E-state index >= 15 is 0 Å². The third-order valence-corrected chi connectivity index (χ3v) is 6.59. The molecule has 0 aliphatic heterocycles. The van der Waals surface area contributed by atoms with Crippen molar-refractivity contribution in [2.24, 2.45) is 0 Å². The van der Waals surface area contributed by atoms with Crippen LogP contribution in [0.3, 0.4) is 0 Å². The van der Waals surface area contributed by atoms with Gasteiger partial charge in [-0.1, -0.05) is 45.4 Å². The molecule has 0 amide bonds. The minimum atomic E-state index is -1.33. The van der Waals surface area contributed by atoms with Crippen molar-refractivity contribution >= 4 is 34.5 Å². The lowest BCUT2D eigenvalue weighted by Crippen LogP contribution is -2.22. The molecule has 2 atom stereocenters. The monoisotopic (exact) mass is 352 g/mol. The van der Waals surface area contributed by atoms with Crippen molar-refractivity contribution in [3.8, 4) is 0 Å². The summed E-state index contributed by atoms with van der Waals surface area (Å²) in [5.41, 5.74) is 0. The lowest BCUT2D eigenvalue weighted by atomic mass is 10.1. The molecule has 130 valence electrons. The zero-order chi connectivity index (χ0) is 16.8. The second kappa shape index (κ2) is 14.1. The average molecular weight is 353 g/mol. The number of carbonyl (C=O) groups is 2. The molecule has 0 radical (unpaired) electrons. The van der Waals surface area contributed by atoms with Crippen LogP contribution in [0.1, 0.15) is 51.9 Å². The first kappa shape index (κ1) is 21.4. The number of rotatable bonds is 13. The number of methoxy groups -OCH3 is 2. The summed E-state index contributed by atoms with van der Waals surface area (Å²) in [5.74, 6) is -0.785. The Labute approximate surface area is 140 Å². The summed E-state index contributed by atoms with van der Waals surface area (Å²) in [4.78, 5) is 22.5. The molecule has 0 aromatic heterocycles. The van der Waals surface area contributed by atoms with E-state index in [0.717, 1.165) is 19.3 Å². The molecular weight excluding hydrogens is 324 g/mol. The molecule has 0 aliphatic carbocycles. The minimum Gasteiger partial charge on any atom is -0.468 e. The Hall–Kier alpha value is -0.560. The van der Waals surface area contributed by atoms with Crippen LogP contribution >= 0.6 is 11.8 Å². The van der Waals surface area contributed by atoms with E-state index in [1.165, 1.54) is 51.7 Å². The highest BCUT2D eigenvalue weighted by Crippen LogP contribution is 2.22. The summed E-state index contributed by atoms with van der Waals surface area (Å²) in [7, 11) is 1.28. The Balaban J connectivity index is 4.23. The van der Waals surface area contributed by atoms with E-state index in [4.69, 9.17) is 0 Å². The second-order valence-corrected chi connectivity index (χ2v) is 8.08. The number of esters is 2. The number of unbranched alkanes of at least 4 members (excludes halogenated alkanes) is 5. The van der Waals surface area contributed by atoms with Crippen molar-refractivity contribution in [3.05, 3.63) is 0 Å². The number of hydrogen-bond donors (Lipinski definition) is 0. The van der Waals surface area contributed by atoms with E-state index in [1.54, 1.807) is 0 Å². The van der Waals surface area contributed by atoms with Crippen LogP contribution in [0.15, 0.2) is 0 Å². The molecule has 0 spiro atoms. The van der Waals surface area contributed by atoms with Crippen molar-refractivity contribution < 1.29 is 23.3 Å². The third-order valence-electron chi connectivity index (χ3n) is 3.19. The Morgan fingerprint density at radius 3 is 2.18 bits per heavy atom. The second-order valence-electron chi connectivity index (χ2n) is 4.97. The fourth-order valence-electron chi connectivity index (χ4n) is 1.87. The maximum Gasteiger partial charge on any atom is 0.318 e. The zero-order valence-corrected chi connectivity index (χ0v) is 15.4. The Kier molecular flexibility index (Phi) is 13.7. The average Bonchev–Trinajstić information content (AvgIpc) is 2.52. The largest absolute Gasteiger partial charge is 0.468 e. The van der Waals surface area contributed by atoms with Gasteiger partial charge in [0.1, 0.15) is 5.75 Å². The molecule has 0 saturated heterocycles. The van der Waals surface area contributed by atoms with Crippen LogP contribution in [0.5, 0.6) is 0 Å². The van der Waals surface area contributed by atoms with Gasteiger partial charge in [-0.25, -0.2) is 0 Å². The summed E-state index contributed by atoms with van der Waals surface area (Å²) < 4.78 is 21.1. The normalized spacial score (nSPS) is 13.4. The zero-order valence-electron chi connectivity index (χ0n) is 13.8. The minimum absolute atomic E-state index is 0.120. The molecule has 0 N–H and O–H groups in total. The van der Waals surface area contributed by atoms with Crippen molar-refractivity contribution in [2.45, 2.75) is 56.5 Å². The molecular formula is C15H28O5S2. The first-order valence-corrected chi connectivity index (χ1v) is 10.1. The number of thioether (sulfide) groups is 1. The van der Waals surface area contributed by atoms with Crippen LogP contribution in [0.25, 0.3) is 0 Å². The quantitative estimate of drug-likeness (QED) is 0.375. The maximum absolute atomic E-state index is 12.2. The molecule has 0 aromatic rings. The SMILES string of the molecule is CCCCCCCCC(SCC(=O)OC)S(=O)CC(=O)OC. The van der Waals surface area contributed by atoms with Crippen molar-refractivity contribution in [3.63, 3.8) is 0 Å². The Morgan fingerprint density at radius 2 is 1.59 bits per heavy atom. The third kappa shape index (κ3) is 11.1. The van der Waals surface area contributed by atoms with Crippen LogP contribution < -0.4 is 0 Å². The summed E-state index contributed by atoms with van der Waals surface area (Å²) >= 11 is 1.30. The number of carbonyl (C=O) groups excluding carboxylic acids is 2. The topological polar surface area (TPSA) is 69.7 Å². The van der Waals surface area contributed by atoms with E-state index in [2.05, 4.69) is 16.4 Å². The van der Waals surface area contributed by atoms with Crippen molar-refractivity contribution in [1.82, 2.24) is 0 Å². The van der Waals surface area contributed by atoms with Gasteiger partial charge >= 0.3 is 11.9 Å². The van der Waals surface area contributed by atoms with Crippen molar-refractivity contribution in [2.75, 3.05) is 25.7 Å². The molecule has 0 saturated carbocycles. The van der Waals surface area contributed by atoms with Gasteiger partial charge in [0.25, 0.3) is 0 Å². The highest BCUT2D eigenvalue weighted by molar-refractivity contribution is 8.11. The van der Waals surface area contributed by atoms with Gasteiger partial charge in [0.2, 0.25) is 0 Å². The molecule has 2 unspecified atom stereocenters. The van der Waals surface area contributed by atoms with Gasteiger partial charge in [-0.3, -0.25) is 13.8 Å². The molecule has 0 aliphatic rings. The van der Waals surface area contributed by atoms with Gasteiger partial charge in [0.05, 0.1) is 24.6 Å². The predicted molar refractivity (Wildman–Crippen MR) is 91.3 cm³/mol. The van der Waals surface area contributed by atoms with Gasteiger partial charge in [0, 0.05) is 10.8 Å². The smallest absolute Gasteiger partial charge is 0.318 e. The van der Waals surface area contributed by atoms with E-state index in [1.807, 2.05) is 0 Å². The highest BCUT2D eigenvalue weighted by Gasteiger charge is 2.21. The van der Waals surface area contributed by atoms with Crippen LogP contribution in [-0.4, -0.2) is 46.5 Å². The van der Waals surface area contributed by atoms with Crippen LogP contribution in [0.4, 0.5) is 0 Å².